The van der Waals surface area contributed by atoms with Crippen LogP contribution < -0.4 is 0 Å². The van der Waals surface area contributed by atoms with Crippen LogP contribution in [0.1, 0.15) is 11.3 Å². The zero-order valence-electron chi connectivity index (χ0n) is 15.5. The largest absolute Gasteiger partial charge is 0.441 e. The van der Waals surface area contributed by atoms with E-state index in [1.807, 2.05) is 0 Å². The number of carbonyl (C=O) groups is 1. The van der Waals surface area contributed by atoms with Crippen molar-refractivity contribution in [3.63, 3.8) is 0 Å². The maximum Gasteiger partial charge on any atom is 0.441 e. The fourth-order valence-corrected chi connectivity index (χ4v) is 3.71. The summed E-state index contributed by atoms with van der Waals surface area (Å²) in [6.07, 6.45) is -1.84. The summed E-state index contributed by atoms with van der Waals surface area (Å²) in [6, 6.07) is 7.51. The number of nitro groups is 1. The molecule has 9 nitrogen and oxygen atoms in total. The predicted molar refractivity (Wildman–Crippen MR) is 108 cm³/mol. The summed E-state index contributed by atoms with van der Waals surface area (Å²) < 4.78 is 40.4. The number of amides is 1. The average molecular weight is 448 g/mol. The van der Waals surface area contributed by atoms with Gasteiger partial charge in [0.1, 0.15) is 0 Å². The van der Waals surface area contributed by atoms with Gasteiger partial charge in [0, 0.05) is 24.0 Å². The van der Waals surface area contributed by atoms with Gasteiger partial charge in [0.2, 0.25) is 10.2 Å². The van der Waals surface area contributed by atoms with Crippen molar-refractivity contribution >= 4 is 45.5 Å². The Kier molecular flexibility index (Phi) is 4.76. The van der Waals surface area contributed by atoms with Crippen molar-refractivity contribution in [2.75, 3.05) is 0 Å². The van der Waals surface area contributed by atoms with Crippen molar-refractivity contribution < 1.29 is 22.9 Å². The number of hydrogen-bond acceptors (Lipinski definition) is 6. The van der Waals surface area contributed by atoms with Crippen LogP contribution in [0.15, 0.2) is 52.2 Å². The lowest BCUT2D eigenvalue weighted by Gasteiger charge is -2.20. The minimum atomic E-state index is -4.73. The van der Waals surface area contributed by atoms with Gasteiger partial charge in [-0.2, -0.15) is 28.3 Å². The first-order valence-corrected chi connectivity index (χ1v) is 9.38. The van der Waals surface area contributed by atoms with Crippen LogP contribution in [0.3, 0.4) is 0 Å². The Morgan fingerprint density at radius 3 is 2.71 bits per heavy atom. The number of rotatable bonds is 3. The van der Waals surface area contributed by atoms with Gasteiger partial charge in [-0.05, 0) is 42.5 Å². The molecule has 3 heterocycles. The minimum Gasteiger partial charge on any atom is -0.317 e. The molecule has 13 heteroatoms. The highest BCUT2D eigenvalue weighted by Gasteiger charge is 2.46. The molecule has 158 valence electrons. The molecule has 1 amide bonds. The van der Waals surface area contributed by atoms with Crippen molar-refractivity contribution in [1.82, 2.24) is 9.58 Å². The molecule has 0 spiro atoms. The van der Waals surface area contributed by atoms with Crippen LogP contribution >= 0.6 is 11.8 Å². The smallest absolute Gasteiger partial charge is 0.317 e. The van der Waals surface area contributed by atoms with Gasteiger partial charge in [0.25, 0.3) is 11.6 Å². The number of nitro benzene ring substituents is 1. The highest BCUT2D eigenvalue weighted by Crippen LogP contribution is 2.35. The molecule has 2 aliphatic heterocycles. The van der Waals surface area contributed by atoms with Gasteiger partial charge in [0.05, 0.1) is 16.2 Å². The molecular formula is C18H11F3N6O3S. The second-order valence-electron chi connectivity index (χ2n) is 6.45. The predicted octanol–water partition coefficient (Wildman–Crippen LogP) is 3.88. The normalized spacial score (nSPS) is 17.7. The SMILES string of the molecule is Cc1ccc([N+](=O)[O-])cc1-n1cccc1/C=C1/C(=N)N2N=C(C(F)(F)F)SC2=NC1=O. The fourth-order valence-electron chi connectivity index (χ4n) is 2.96. The lowest BCUT2D eigenvalue weighted by molar-refractivity contribution is -0.384. The van der Waals surface area contributed by atoms with E-state index in [9.17, 15) is 28.1 Å². The maximum atomic E-state index is 12.9. The number of nitrogens with one attached hydrogen (secondary N) is 1. The van der Waals surface area contributed by atoms with E-state index in [-0.39, 0.29) is 28.2 Å². The molecule has 1 N–H and O–H groups in total. The molecule has 0 aliphatic carbocycles. The molecule has 0 saturated carbocycles. The number of thioether (sulfide) groups is 1. The number of non-ortho nitro benzene ring substituents is 1. The van der Waals surface area contributed by atoms with Gasteiger partial charge in [-0.25, -0.2) is 0 Å². The summed E-state index contributed by atoms with van der Waals surface area (Å²) >= 11 is 0.168. The van der Waals surface area contributed by atoms with E-state index in [0.29, 0.717) is 22.0 Å². The van der Waals surface area contributed by atoms with Crippen LogP contribution in [0.5, 0.6) is 0 Å². The number of aryl methyl sites for hydroxylation is 1. The van der Waals surface area contributed by atoms with Crippen molar-refractivity contribution in [2.24, 2.45) is 10.1 Å². The number of halogens is 3. The summed E-state index contributed by atoms with van der Waals surface area (Å²) in [7, 11) is 0. The van der Waals surface area contributed by atoms with Crippen molar-refractivity contribution in [3.05, 3.63) is 63.5 Å². The van der Waals surface area contributed by atoms with Gasteiger partial charge in [-0.1, -0.05) is 6.07 Å². The number of aromatic nitrogens is 1. The molecule has 0 bridgehead atoms. The van der Waals surface area contributed by atoms with E-state index in [4.69, 9.17) is 5.41 Å². The molecule has 4 rings (SSSR count). The van der Waals surface area contributed by atoms with Gasteiger partial charge in [-0.3, -0.25) is 20.3 Å². The van der Waals surface area contributed by atoms with E-state index in [1.54, 1.807) is 35.9 Å². The monoisotopic (exact) mass is 448 g/mol. The number of hydrogen-bond donors (Lipinski definition) is 1. The van der Waals surface area contributed by atoms with Crippen LogP contribution in [0.25, 0.3) is 11.8 Å². The highest BCUT2D eigenvalue weighted by molar-refractivity contribution is 8.27. The topological polar surface area (TPSA) is 117 Å². The summed E-state index contributed by atoms with van der Waals surface area (Å²) in [5.41, 5.74) is 1.16. The summed E-state index contributed by atoms with van der Waals surface area (Å²) in [6.45, 7) is 1.75. The van der Waals surface area contributed by atoms with Gasteiger partial charge in [0.15, 0.2) is 5.84 Å². The number of carbonyl (C=O) groups excluding carboxylic acids is 1. The number of amidine groups is 2. The van der Waals surface area contributed by atoms with Crippen LogP contribution in [-0.2, 0) is 4.79 Å². The highest BCUT2D eigenvalue weighted by atomic mass is 32.2. The van der Waals surface area contributed by atoms with Gasteiger partial charge >= 0.3 is 6.18 Å². The van der Waals surface area contributed by atoms with Crippen LogP contribution in [-0.4, -0.2) is 42.6 Å². The number of nitrogens with zero attached hydrogens (tertiary/aromatic N) is 5. The summed E-state index contributed by atoms with van der Waals surface area (Å²) in [4.78, 5) is 26.6. The fraction of sp³-hybridized carbons (Fsp3) is 0.111. The maximum absolute atomic E-state index is 12.9. The number of benzene rings is 1. The third kappa shape index (κ3) is 3.63. The van der Waals surface area contributed by atoms with E-state index in [2.05, 4.69) is 10.1 Å². The third-order valence-electron chi connectivity index (χ3n) is 4.43. The Balaban J connectivity index is 1.76. The third-order valence-corrected chi connectivity index (χ3v) is 5.39. The first-order chi connectivity index (χ1) is 14.6. The van der Waals surface area contributed by atoms with Gasteiger partial charge < -0.3 is 4.57 Å². The molecule has 0 radical (unpaired) electrons. The Bertz CT molecular complexity index is 1240. The molecule has 0 fully saturated rings. The molecule has 0 atom stereocenters. The summed E-state index contributed by atoms with van der Waals surface area (Å²) in [5.74, 6) is -1.43. The molecule has 2 aromatic rings. The lowest BCUT2D eigenvalue weighted by Crippen LogP contribution is -2.35. The summed E-state index contributed by atoms with van der Waals surface area (Å²) in [5, 5.41) is 21.8. The lowest BCUT2D eigenvalue weighted by atomic mass is 10.1. The van der Waals surface area contributed by atoms with Crippen molar-refractivity contribution in [3.8, 4) is 5.69 Å². The average Bonchev–Trinajstić information content (AvgIpc) is 3.32. The Morgan fingerprint density at radius 1 is 1.29 bits per heavy atom. The molecule has 1 aromatic carbocycles. The van der Waals surface area contributed by atoms with Crippen molar-refractivity contribution in [1.29, 1.82) is 5.41 Å². The van der Waals surface area contributed by atoms with Crippen LogP contribution in [0.4, 0.5) is 18.9 Å². The molecule has 31 heavy (non-hydrogen) atoms. The first-order valence-electron chi connectivity index (χ1n) is 8.56. The second kappa shape index (κ2) is 7.19. The Labute approximate surface area is 176 Å². The number of hydrazone groups is 1. The molecule has 2 aliphatic rings. The second-order valence-corrected chi connectivity index (χ2v) is 7.41. The molecule has 1 aromatic heterocycles. The molecule has 0 unspecified atom stereocenters. The molecule has 0 saturated heterocycles. The van der Waals surface area contributed by atoms with E-state index >= 15 is 0 Å². The minimum absolute atomic E-state index is 0.133. The van der Waals surface area contributed by atoms with E-state index in [1.165, 1.54) is 18.2 Å². The van der Waals surface area contributed by atoms with E-state index in [0.717, 1.165) is 0 Å². The number of fused-ring (bicyclic) bond motifs is 1. The zero-order chi connectivity index (χ0) is 22.5. The van der Waals surface area contributed by atoms with E-state index < -0.39 is 27.9 Å². The molecular weight excluding hydrogens is 437 g/mol. The zero-order valence-corrected chi connectivity index (χ0v) is 16.4. The standard InChI is InChI=1S/C18H11F3N6O3S/c1-9-4-5-11(27(29)30)8-13(9)25-6-2-3-10(25)7-12-14(22)26-17(23-15(12)28)31-16(24-26)18(19,20)21/h2-8,22H,1H3/b12-7-,22-14?. The Hall–Kier alpha value is -3.74. The van der Waals surface area contributed by atoms with Gasteiger partial charge in [-0.15, -0.1) is 0 Å². The number of alkyl halides is 3. The van der Waals surface area contributed by atoms with Crippen molar-refractivity contribution in [2.45, 2.75) is 13.1 Å². The number of aliphatic imine (C=N–C) groups is 1. The van der Waals surface area contributed by atoms with Crippen LogP contribution in [0, 0.1) is 22.4 Å². The quantitative estimate of drug-likeness (QED) is 0.435. The first kappa shape index (κ1) is 20.5. The Morgan fingerprint density at radius 2 is 2.03 bits per heavy atom. The van der Waals surface area contributed by atoms with Crippen LogP contribution in [0.2, 0.25) is 0 Å².